The van der Waals surface area contributed by atoms with Crippen LogP contribution in [-0.2, 0) is 4.74 Å². The van der Waals surface area contributed by atoms with Gasteiger partial charge in [-0.2, -0.15) is 0 Å². The van der Waals surface area contributed by atoms with Crippen molar-refractivity contribution >= 4 is 12.4 Å². The molecule has 108 valence electrons. The zero-order chi connectivity index (χ0) is 14.7. The van der Waals surface area contributed by atoms with E-state index in [1.54, 1.807) is 0 Å². The van der Waals surface area contributed by atoms with Crippen molar-refractivity contribution in [3.8, 4) is 5.75 Å². The second-order valence-corrected chi connectivity index (χ2v) is 5.07. The summed E-state index contributed by atoms with van der Waals surface area (Å²) in [4.78, 5) is 0. The Morgan fingerprint density at radius 2 is 1.74 bits per heavy atom. The second kappa shape index (κ2) is 5.82. The van der Waals surface area contributed by atoms with Crippen molar-refractivity contribution < 1.29 is 26.8 Å². The highest BCUT2D eigenvalue weighted by Gasteiger charge is 2.28. The Hall–Kier alpha value is -1.24. The summed E-state index contributed by atoms with van der Waals surface area (Å²) in [6.45, 7) is 0.687. The zero-order valence-electron chi connectivity index (χ0n) is 11.1. The summed E-state index contributed by atoms with van der Waals surface area (Å²) in [7, 11) is 0. The van der Waals surface area contributed by atoms with Gasteiger partial charge in [0, 0.05) is 6.07 Å². The van der Waals surface area contributed by atoms with Crippen molar-refractivity contribution in [3.05, 3.63) is 24.0 Å². The van der Waals surface area contributed by atoms with Crippen LogP contribution in [0.4, 0.5) is 17.3 Å². The van der Waals surface area contributed by atoms with Gasteiger partial charge in [0.15, 0.2) is 0 Å². The third kappa shape index (κ3) is 5.51. The van der Waals surface area contributed by atoms with E-state index in [1.165, 1.54) is 0 Å². The summed E-state index contributed by atoms with van der Waals surface area (Å²) in [6, 6.07) is 2.53. The number of hydrogen-bond donors (Lipinski definition) is 0. The van der Waals surface area contributed by atoms with Gasteiger partial charge in [0.05, 0.1) is 18.0 Å². The van der Waals surface area contributed by atoms with Gasteiger partial charge < -0.3 is 22.4 Å². The molecule has 0 heterocycles. The van der Waals surface area contributed by atoms with E-state index in [9.17, 15) is 17.3 Å². The van der Waals surface area contributed by atoms with Crippen LogP contribution in [0, 0.1) is 5.82 Å². The Labute approximate surface area is 109 Å². The van der Waals surface area contributed by atoms with Gasteiger partial charge in [0.1, 0.15) is 12.4 Å². The number of benzene rings is 1. The molecule has 0 bridgehead atoms. The predicted octanol–water partition coefficient (Wildman–Crippen LogP) is 3.07. The summed E-state index contributed by atoms with van der Waals surface area (Å²) in [5.41, 5.74) is -1.56. The number of halogens is 4. The largest absolute Gasteiger partial charge is 0.512 e. The summed E-state index contributed by atoms with van der Waals surface area (Å²) in [5, 5.41) is 0. The molecule has 0 spiro atoms. The molecule has 1 aromatic carbocycles. The SMILES string of the molecule is CC(C)(C)OCCOc1ccc([B-](F)(F)F)c(F)c1. The third-order valence-corrected chi connectivity index (χ3v) is 2.21. The standard InChI is InChI=1S/C12H16BF4O2/c1-12(2,3)19-7-6-18-9-4-5-10(11(14)8-9)13(15,16)17/h4-5,8H,6-7H2,1-3H3/q-1. The second-order valence-electron chi connectivity index (χ2n) is 5.07. The van der Waals surface area contributed by atoms with Gasteiger partial charge in [-0.1, -0.05) is 11.5 Å². The first-order valence-electron chi connectivity index (χ1n) is 5.86. The Kier molecular flexibility index (Phi) is 4.84. The van der Waals surface area contributed by atoms with Crippen LogP contribution in [0.25, 0.3) is 0 Å². The van der Waals surface area contributed by atoms with Crippen molar-refractivity contribution in [1.29, 1.82) is 0 Å². The minimum Gasteiger partial charge on any atom is -0.491 e. The van der Waals surface area contributed by atoms with Gasteiger partial charge in [-0.05, 0) is 26.8 Å². The van der Waals surface area contributed by atoms with E-state index in [2.05, 4.69) is 0 Å². The average Bonchev–Trinajstić information content (AvgIpc) is 2.21. The lowest BCUT2D eigenvalue weighted by atomic mass is 9.80. The van der Waals surface area contributed by atoms with Crippen LogP contribution in [0.1, 0.15) is 20.8 Å². The highest BCUT2D eigenvalue weighted by Crippen LogP contribution is 2.17. The van der Waals surface area contributed by atoms with Crippen LogP contribution in [0.3, 0.4) is 0 Å². The molecular formula is C12H16BF4O2-. The number of ether oxygens (including phenoxy) is 2. The fraction of sp³-hybridized carbons (Fsp3) is 0.500. The molecule has 0 aromatic heterocycles. The van der Waals surface area contributed by atoms with Crippen molar-refractivity contribution in [3.63, 3.8) is 0 Å². The molecule has 0 amide bonds. The lowest BCUT2D eigenvalue weighted by molar-refractivity contribution is -0.0163. The molecule has 0 atom stereocenters. The lowest BCUT2D eigenvalue weighted by Crippen LogP contribution is -2.36. The molecule has 1 rings (SSSR count). The first-order valence-corrected chi connectivity index (χ1v) is 5.86. The van der Waals surface area contributed by atoms with E-state index in [1.807, 2.05) is 20.8 Å². The molecule has 0 fully saturated rings. The highest BCUT2D eigenvalue weighted by atomic mass is 19.4. The molecule has 0 aliphatic heterocycles. The van der Waals surface area contributed by atoms with Gasteiger partial charge in [-0.3, -0.25) is 0 Å². The molecular weight excluding hydrogens is 263 g/mol. The van der Waals surface area contributed by atoms with E-state index in [-0.39, 0.29) is 24.6 Å². The van der Waals surface area contributed by atoms with E-state index < -0.39 is 18.3 Å². The predicted molar refractivity (Wildman–Crippen MR) is 66.3 cm³/mol. The molecule has 1 aromatic rings. The van der Waals surface area contributed by atoms with Crippen LogP contribution in [-0.4, -0.2) is 25.8 Å². The molecule has 0 unspecified atom stereocenters. The van der Waals surface area contributed by atoms with Crippen LogP contribution < -0.4 is 10.2 Å². The minimum absolute atomic E-state index is 0.0545. The van der Waals surface area contributed by atoms with E-state index in [0.717, 1.165) is 12.1 Å². The van der Waals surface area contributed by atoms with Crippen molar-refractivity contribution in [2.45, 2.75) is 26.4 Å². The van der Waals surface area contributed by atoms with Crippen molar-refractivity contribution in [1.82, 2.24) is 0 Å². The fourth-order valence-electron chi connectivity index (χ4n) is 1.37. The number of hydrogen-bond acceptors (Lipinski definition) is 2. The van der Waals surface area contributed by atoms with Crippen molar-refractivity contribution in [2.24, 2.45) is 0 Å². The maximum atomic E-state index is 13.2. The first-order chi connectivity index (χ1) is 8.59. The topological polar surface area (TPSA) is 18.5 Å². The monoisotopic (exact) mass is 279 g/mol. The van der Waals surface area contributed by atoms with Crippen LogP contribution in [0.15, 0.2) is 18.2 Å². The molecule has 0 aliphatic rings. The molecule has 0 saturated heterocycles. The average molecular weight is 279 g/mol. The summed E-state index contributed by atoms with van der Waals surface area (Å²) in [5.74, 6) is -1.26. The highest BCUT2D eigenvalue weighted by molar-refractivity contribution is 6.73. The quantitative estimate of drug-likeness (QED) is 0.468. The fourth-order valence-corrected chi connectivity index (χ4v) is 1.37. The smallest absolute Gasteiger partial charge is 0.491 e. The van der Waals surface area contributed by atoms with Gasteiger partial charge >= 0.3 is 6.98 Å². The van der Waals surface area contributed by atoms with Crippen LogP contribution in [0.2, 0.25) is 0 Å². The first kappa shape index (κ1) is 15.8. The molecule has 0 aliphatic carbocycles. The van der Waals surface area contributed by atoms with Crippen LogP contribution >= 0.6 is 0 Å². The van der Waals surface area contributed by atoms with Gasteiger partial charge in [0.2, 0.25) is 0 Å². The summed E-state index contributed by atoms with van der Waals surface area (Å²) in [6.07, 6.45) is 0. The zero-order valence-corrected chi connectivity index (χ0v) is 11.1. The van der Waals surface area contributed by atoms with Crippen molar-refractivity contribution in [2.75, 3.05) is 13.2 Å². The van der Waals surface area contributed by atoms with E-state index >= 15 is 0 Å². The van der Waals surface area contributed by atoms with Crippen LogP contribution in [0.5, 0.6) is 5.75 Å². The summed E-state index contributed by atoms with van der Waals surface area (Å²) >= 11 is 0. The lowest BCUT2D eigenvalue weighted by Gasteiger charge is -2.20. The molecule has 2 nitrogen and oxygen atoms in total. The Morgan fingerprint density at radius 3 is 2.21 bits per heavy atom. The maximum absolute atomic E-state index is 13.2. The molecule has 0 radical (unpaired) electrons. The minimum atomic E-state index is -5.34. The normalized spacial score (nSPS) is 12.6. The third-order valence-electron chi connectivity index (χ3n) is 2.21. The Bertz CT molecular complexity index is 427. The molecule has 7 heteroatoms. The maximum Gasteiger partial charge on any atom is 0.512 e. The van der Waals surface area contributed by atoms with E-state index in [4.69, 9.17) is 9.47 Å². The summed E-state index contributed by atoms with van der Waals surface area (Å²) < 4.78 is 60.9. The van der Waals surface area contributed by atoms with Gasteiger partial charge in [-0.25, -0.2) is 4.39 Å². The Balaban J connectivity index is 2.55. The number of rotatable bonds is 5. The Morgan fingerprint density at radius 1 is 1.11 bits per heavy atom. The van der Waals surface area contributed by atoms with Gasteiger partial charge in [-0.15, -0.1) is 0 Å². The van der Waals surface area contributed by atoms with E-state index in [0.29, 0.717) is 6.07 Å². The molecule has 0 N–H and O–H groups in total. The molecule has 0 saturated carbocycles. The molecule has 19 heavy (non-hydrogen) atoms. The van der Waals surface area contributed by atoms with Gasteiger partial charge in [0.25, 0.3) is 0 Å².